The lowest BCUT2D eigenvalue weighted by atomic mass is 9.86. The van der Waals surface area contributed by atoms with Crippen LogP contribution < -0.4 is 5.32 Å². The van der Waals surface area contributed by atoms with Crippen LogP contribution >= 0.6 is 0 Å². The predicted octanol–water partition coefficient (Wildman–Crippen LogP) is 3.24. The Hall–Kier alpha value is -1.84. The van der Waals surface area contributed by atoms with Gasteiger partial charge in [0, 0.05) is 12.1 Å². The van der Waals surface area contributed by atoms with Crippen LogP contribution in [0.25, 0.3) is 0 Å². The zero-order valence-corrected chi connectivity index (χ0v) is 12.3. The Morgan fingerprint density at radius 3 is 2.52 bits per heavy atom. The normalized spacial score (nSPS) is 26.6. The van der Waals surface area contributed by atoms with Crippen LogP contribution in [0.4, 0.5) is 5.69 Å². The highest BCUT2D eigenvalue weighted by Gasteiger charge is 2.40. The summed E-state index contributed by atoms with van der Waals surface area (Å²) in [5.74, 6) is 1.92. The summed E-state index contributed by atoms with van der Waals surface area (Å²) in [6, 6.07) is 6.81. The van der Waals surface area contributed by atoms with Gasteiger partial charge in [-0.05, 0) is 61.3 Å². The molecule has 2 aliphatic carbocycles. The first-order chi connectivity index (χ1) is 10.2. The van der Waals surface area contributed by atoms with Gasteiger partial charge >= 0.3 is 5.97 Å². The number of anilines is 1. The maximum absolute atomic E-state index is 12.1. The van der Waals surface area contributed by atoms with Crippen molar-refractivity contribution in [2.45, 2.75) is 32.1 Å². The van der Waals surface area contributed by atoms with Gasteiger partial charge in [-0.3, -0.25) is 4.79 Å². The molecule has 0 spiro atoms. The predicted molar refractivity (Wildman–Crippen MR) is 80.0 cm³/mol. The number of carbonyl (C=O) groups is 2. The highest BCUT2D eigenvalue weighted by molar-refractivity contribution is 5.93. The highest BCUT2D eigenvalue weighted by Crippen LogP contribution is 2.49. The van der Waals surface area contributed by atoms with Gasteiger partial charge in [0.05, 0.1) is 12.7 Å². The number of methoxy groups -OCH3 is 1. The van der Waals surface area contributed by atoms with Crippen molar-refractivity contribution < 1.29 is 14.3 Å². The van der Waals surface area contributed by atoms with Crippen molar-refractivity contribution in [3.63, 3.8) is 0 Å². The van der Waals surface area contributed by atoms with Crippen LogP contribution in [0, 0.1) is 17.8 Å². The van der Waals surface area contributed by atoms with Gasteiger partial charge < -0.3 is 10.1 Å². The topological polar surface area (TPSA) is 55.4 Å². The van der Waals surface area contributed by atoms with E-state index in [9.17, 15) is 9.59 Å². The second-order valence-electron chi connectivity index (χ2n) is 6.26. The lowest BCUT2D eigenvalue weighted by Gasteiger charge is -2.20. The summed E-state index contributed by atoms with van der Waals surface area (Å²) in [6.45, 7) is 0. The number of rotatable bonds is 4. The minimum Gasteiger partial charge on any atom is -0.465 e. The number of hydrogen-bond acceptors (Lipinski definition) is 3. The smallest absolute Gasteiger partial charge is 0.337 e. The van der Waals surface area contributed by atoms with Crippen molar-refractivity contribution in [3.8, 4) is 0 Å². The summed E-state index contributed by atoms with van der Waals surface area (Å²) in [7, 11) is 1.35. The lowest BCUT2D eigenvalue weighted by molar-refractivity contribution is -0.117. The van der Waals surface area contributed by atoms with Crippen molar-refractivity contribution >= 4 is 17.6 Å². The van der Waals surface area contributed by atoms with Crippen LogP contribution in [-0.4, -0.2) is 19.0 Å². The van der Waals surface area contributed by atoms with E-state index in [1.165, 1.54) is 32.8 Å². The Balaban J connectivity index is 1.54. The molecule has 2 bridgehead atoms. The summed E-state index contributed by atoms with van der Waals surface area (Å²) in [5, 5.41) is 2.92. The Morgan fingerprint density at radius 1 is 1.19 bits per heavy atom. The monoisotopic (exact) mass is 287 g/mol. The van der Waals surface area contributed by atoms with Gasteiger partial charge in [-0.2, -0.15) is 0 Å². The first-order valence-electron chi connectivity index (χ1n) is 7.64. The van der Waals surface area contributed by atoms with Crippen LogP contribution in [-0.2, 0) is 9.53 Å². The molecule has 1 N–H and O–H groups in total. The molecule has 0 heterocycles. The molecule has 0 aliphatic heterocycles. The molecule has 0 radical (unpaired) electrons. The van der Waals surface area contributed by atoms with Gasteiger partial charge in [-0.25, -0.2) is 4.79 Å². The number of ether oxygens (including phenoxy) is 1. The molecular formula is C17H21NO3. The molecule has 4 heteroatoms. The van der Waals surface area contributed by atoms with Crippen LogP contribution in [0.5, 0.6) is 0 Å². The molecule has 1 aromatic rings. The molecule has 2 aliphatic rings. The van der Waals surface area contributed by atoms with E-state index in [-0.39, 0.29) is 11.9 Å². The molecule has 1 amide bonds. The van der Waals surface area contributed by atoms with E-state index in [1.54, 1.807) is 24.3 Å². The standard InChI is InChI=1S/C17H21NO3/c1-21-17(20)12-4-6-15(7-5-12)18-16(19)10-14-9-11-2-3-13(14)8-11/h4-7,11,13-14H,2-3,8-10H2,1H3,(H,18,19)/t11-,13-,14+/m1/s1. The van der Waals surface area contributed by atoms with E-state index in [1.807, 2.05) is 0 Å². The van der Waals surface area contributed by atoms with Crippen LogP contribution in [0.3, 0.4) is 0 Å². The highest BCUT2D eigenvalue weighted by atomic mass is 16.5. The molecule has 3 rings (SSSR count). The third-order valence-corrected chi connectivity index (χ3v) is 4.92. The largest absolute Gasteiger partial charge is 0.465 e. The minimum atomic E-state index is -0.366. The van der Waals surface area contributed by atoms with Crippen LogP contribution in [0.1, 0.15) is 42.5 Å². The second kappa shape index (κ2) is 5.88. The molecule has 0 unspecified atom stereocenters. The quantitative estimate of drug-likeness (QED) is 0.865. The van der Waals surface area contributed by atoms with Crippen molar-refractivity contribution in [1.82, 2.24) is 0 Å². The van der Waals surface area contributed by atoms with E-state index in [2.05, 4.69) is 10.1 Å². The number of amides is 1. The summed E-state index contributed by atoms with van der Waals surface area (Å²) < 4.78 is 4.65. The lowest BCUT2D eigenvalue weighted by Crippen LogP contribution is -2.20. The van der Waals surface area contributed by atoms with Gasteiger partial charge in [0.25, 0.3) is 0 Å². The summed E-state index contributed by atoms with van der Waals surface area (Å²) in [6.07, 6.45) is 5.83. The van der Waals surface area contributed by atoms with E-state index in [0.717, 1.165) is 17.5 Å². The number of esters is 1. The minimum absolute atomic E-state index is 0.0818. The maximum atomic E-state index is 12.1. The molecular weight excluding hydrogens is 266 g/mol. The molecule has 2 saturated carbocycles. The molecule has 0 aromatic heterocycles. The zero-order chi connectivity index (χ0) is 14.8. The van der Waals surface area contributed by atoms with Gasteiger partial charge in [0.2, 0.25) is 5.91 Å². The van der Waals surface area contributed by atoms with Crippen molar-refractivity contribution in [3.05, 3.63) is 29.8 Å². The Labute approximate surface area is 124 Å². The van der Waals surface area contributed by atoms with Gasteiger partial charge in [-0.15, -0.1) is 0 Å². The number of nitrogens with one attached hydrogen (secondary N) is 1. The fraction of sp³-hybridized carbons (Fsp3) is 0.529. The number of fused-ring (bicyclic) bond motifs is 2. The average Bonchev–Trinajstić information content (AvgIpc) is 3.09. The Kier molecular flexibility index (Phi) is 3.95. The molecule has 2 fully saturated rings. The zero-order valence-electron chi connectivity index (χ0n) is 12.3. The number of hydrogen-bond donors (Lipinski definition) is 1. The molecule has 4 nitrogen and oxygen atoms in total. The van der Waals surface area contributed by atoms with E-state index < -0.39 is 0 Å². The van der Waals surface area contributed by atoms with Gasteiger partial charge in [0.1, 0.15) is 0 Å². The van der Waals surface area contributed by atoms with Gasteiger partial charge in [-0.1, -0.05) is 6.42 Å². The first-order valence-corrected chi connectivity index (χ1v) is 7.64. The fourth-order valence-electron chi connectivity index (χ4n) is 3.88. The SMILES string of the molecule is COC(=O)c1ccc(NC(=O)C[C@@H]2C[C@@H]3CC[C@@H]2C3)cc1. The average molecular weight is 287 g/mol. The molecule has 112 valence electrons. The van der Waals surface area contributed by atoms with Crippen LogP contribution in [0.2, 0.25) is 0 Å². The number of carbonyl (C=O) groups excluding carboxylic acids is 2. The third kappa shape index (κ3) is 3.09. The summed E-state index contributed by atoms with van der Waals surface area (Å²) in [4.78, 5) is 23.5. The number of benzene rings is 1. The summed E-state index contributed by atoms with van der Waals surface area (Å²) in [5.41, 5.74) is 1.22. The fourth-order valence-corrected chi connectivity index (χ4v) is 3.88. The Bertz CT molecular complexity index is 537. The molecule has 0 saturated heterocycles. The second-order valence-corrected chi connectivity index (χ2v) is 6.26. The molecule has 1 aromatic carbocycles. The van der Waals surface area contributed by atoms with E-state index in [4.69, 9.17) is 0 Å². The van der Waals surface area contributed by atoms with E-state index in [0.29, 0.717) is 17.9 Å². The Morgan fingerprint density at radius 2 is 1.95 bits per heavy atom. The molecule has 3 atom stereocenters. The van der Waals surface area contributed by atoms with Crippen molar-refractivity contribution in [2.75, 3.05) is 12.4 Å². The van der Waals surface area contributed by atoms with Gasteiger partial charge in [0.15, 0.2) is 0 Å². The summed E-state index contributed by atoms with van der Waals surface area (Å²) >= 11 is 0. The first kappa shape index (κ1) is 14.1. The van der Waals surface area contributed by atoms with Crippen molar-refractivity contribution in [2.24, 2.45) is 17.8 Å². The third-order valence-electron chi connectivity index (χ3n) is 4.92. The van der Waals surface area contributed by atoms with E-state index >= 15 is 0 Å². The van der Waals surface area contributed by atoms with Crippen molar-refractivity contribution in [1.29, 1.82) is 0 Å². The maximum Gasteiger partial charge on any atom is 0.337 e. The molecule has 21 heavy (non-hydrogen) atoms. The van der Waals surface area contributed by atoms with Crippen LogP contribution in [0.15, 0.2) is 24.3 Å².